The summed E-state index contributed by atoms with van der Waals surface area (Å²) in [5, 5.41) is 1.88. The highest BCUT2D eigenvalue weighted by Gasteiger charge is 2.69. The second-order valence-electron chi connectivity index (χ2n) is 18.2. The van der Waals surface area contributed by atoms with Crippen molar-refractivity contribution in [2.45, 2.75) is 106 Å². The van der Waals surface area contributed by atoms with Gasteiger partial charge in [0.15, 0.2) is 8.32 Å². The summed E-state index contributed by atoms with van der Waals surface area (Å²) in [5.41, 5.74) is 3.22. The first-order valence-corrected chi connectivity index (χ1v) is 31.1. The highest BCUT2D eigenvalue weighted by molar-refractivity contribution is 9.09. The van der Waals surface area contributed by atoms with Gasteiger partial charge in [-0.25, -0.2) is 4.79 Å². The smallest absolute Gasteiger partial charge is 0.338 e. The van der Waals surface area contributed by atoms with Gasteiger partial charge in [-0.1, -0.05) is 204 Å². The predicted molar refractivity (Wildman–Crippen MR) is 279 cm³/mol. The molecule has 2 amide bonds. The summed E-state index contributed by atoms with van der Waals surface area (Å²) >= 11 is 0. The number of benzene rings is 5. The molecule has 0 radical (unpaired) electrons. The van der Waals surface area contributed by atoms with Gasteiger partial charge in [0, 0.05) is 7.05 Å². The van der Waals surface area contributed by atoms with Gasteiger partial charge in [-0.2, -0.15) is 0 Å². The van der Waals surface area contributed by atoms with E-state index in [0.717, 1.165) is 45.2 Å². The van der Waals surface area contributed by atoms with E-state index in [1.807, 2.05) is 30.3 Å². The quantitative estimate of drug-likeness (QED) is 0.0264. The number of hydrogen-bond donors (Lipinski definition) is 0. The number of amides is 2. The van der Waals surface area contributed by atoms with Gasteiger partial charge < -0.3 is 23.4 Å². The zero-order valence-corrected chi connectivity index (χ0v) is 43.9. The van der Waals surface area contributed by atoms with Crippen LogP contribution in [-0.2, 0) is 32.7 Å². The molecule has 0 unspecified atom stereocenters. The Kier molecular flexibility index (Phi) is 15.9. The molecule has 2 fully saturated rings. The van der Waals surface area contributed by atoms with Crippen molar-refractivity contribution >= 4 is 76.2 Å². The van der Waals surface area contributed by atoms with E-state index in [9.17, 15) is 4.79 Å². The average molecular weight is 977 g/mol. The summed E-state index contributed by atoms with van der Waals surface area (Å²) in [6.45, 7) is 15.2. The standard InChI is InChI=1S/C53H64N2O6S3Si2/c1-9-59-49(57)47-48(56)55-43(39-60-66(51(5,6)7,44-34-24-16-25-35-44)45-36-26-17-27-37-45)38-46(61-65(10-2,11-3)12-4)53(55,50(58)54(47)8)63-64-62-52(40-28-18-13-19-29-40,41-30-20-14-21-31-41)42-32-22-15-23-33-42/h13-37,43,46-47H,9-12,38-39H2,1-8H3/t43-,46+,47-,53-/m1/s1. The lowest BCUT2D eigenvalue weighted by atomic mass is 9.84. The van der Waals surface area contributed by atoms with Gasteiger partial charge in [0.05, 0.1) is 25.4 Å². The Balaban J connectivity index is 1.40. The number of piperazine rings is 1. The SMILES string of the molecule is CCOC(=O)[C@H]1C(=O)N2[C@@H](CO[Si](c3ccccc3)(c3ccccc3)C(C)(C)C)C[C@H](O[Si](CC)(CC)CC)[C@@]2(SSSC(c2ccccc2)(c2ccccc2)c2ccccc2)C(=O)N1C. The number of esters is 1. The molecule has 5 aromatic carbocycles. The lowest BCUT2D eigenvalue weighted by Crippen LogP contribution is -2.73. The molecular weight excluding hydrogens is 913 g/mol. The van der Waals surface area contributed by atoms with Gasteiger partial charge in [0.1, 0.15) is 4.75 Å². The van der Waals surface area contributed by atoms with E-state index in [2.05, 4.69) is 163 Å². The topological polar surface area (TPSA) is 85.4 Å². The Hall–Kier alpha value is -4.09. The largest absolute Gasteiger partial charge is 0.464 e. The zero-order valence-electron chi connectivity index (χ0n) is 39.5. The third-order valence-corrected chi connectivity index (χ3v) is 28.5. The number of likely N-dealkylation sites (N-methyl/N-ethyl adjacent to an activating group) is 1. The lowest BCUT2D eigenvalue weighted by molar-refractivity contribution is -0.174. The molecule has 0 aliphatic carbocycles. The Morgan fingerprint density at radius 2 is 1.14 bits per heavy atom. The van der Waals surface area contributed by atoms with Crippen molar-refractivity contribution < 1.29 is 28.0 Å². The van der Waals surface area contributed by atoms with Crippen LogP contribution in [0.5, 0.6) is 0 Å². The molecule has 66 heavy (non-hydrogen) atoms. The molecule has 0 bridgehead atoms. The highest BCUT2D eigenvalue weighted by Crippen LogP contribution is 2.62. The predicted octanol–water partition coefficient (Wildman–Crippen LogP) is 10.7. The van der Waals surface area contributed by atoms with Gasteiger partial charge in [0.25, 0.3) is 20.1 Å². The maximum Gasteiger partial charge on any atom is 0.338 e. The van der Waals surface area contributed by atoms with E-state index in [0.29, 0.717) is 6.42 Å². The summed E-state index contributed by atoms with van der Waals surface area (Å²) in [6, 6.07) is 52.7. The van der Waals surface area contributed by atoms with Gasteiger partial charge in [-0.05, 0) is 84.2 Å². The van der Waals surface area contributed by atoms with Crippen LogP contribution < -0.4 is 10.4 Å². The number of ether oxygens (including phenoxy) is 1. The maximum absolute atomic E-state index is 15.9. The Bertz CT molecular complexity index is 2250. The van der Waals surface area contributed by atoms with Gasteiger partial charge in [-0.3, -0.25) is 9.59 Å². The molecule has 13 heteroatoms. The number of fused-ring (bicyclic) bond motifs is 1. The Labute approximate surface area is 406 Å². The van der Waals surface area contributed by atoms with Gasteiger partial charge in [0.2, 0.25) is 10.9 Å². The zero-order chi connectivity index (χ0) is 47.2. The first kappa shape index (κ1) is 49.8. The molecule has 2 aliphatic rings. The van der Waals surface area contributed by atoms with Crippen molar-refractivity contribution in [3.63, 3.8) is 0 Å². The average Bonchev–Trinajstić information content (AvgIpc) is 3.66. The summed E-state index contributed by atoms with van der Waals surface area (Å²) in [7, 11) is 0.517. The van der Waals surface area contributed by atoms with Crippen LogP contribution in [-0.4, -0.2) is 87.5 Å². The molecule has 4 atom stereocenters. The fourth-order valence-electron chi connectivity index (χ4n) is 10.1. The van der Waals surface area contributed by atoms with Crippen LogP contribution in [0.4, 0.5) is 0 Å². The van der Waals surface area contributed by atoms with E-state index in [1.54, 1.807) is 29.7 Å². The fourth-order valence-corrected chi connectivity index (χ4v) is 23.9. The van der Waals surface area contributed by atoms with Crippen molar-refractivity contribution in [1.29, 1.82) is 0 Å². The molecule has 0 spiro atoms. The first-order chi connectivity index (χ1) is 31.8. The minimum absolute atomic E-state index is 0.0708. The lowest BCUT2D eigenvalue weighted by Gasteiger charge is -2.50. The van der Waals surface area contributed by atoms with E-state index in [4.69, 9.17) is 13.6 Å². The molecule has 0 saturated carbocycles. The van der Waals surface area contributed by atoms with Crippen LogP contribution in [0.3, 0.4) is 0 Å². The Morgan fingerprint density at radius 3 is 1.55 bits per heavy atom. The normalized spacial score (nSPS) is 20.3. The van der Waals surface area contributed by atoms with Crippen LogP contribution in [0.2, 0.25) is 23.2 Å². The van der Waals surface area contributed by atoms with Crippen molar-refractivity contribution in [1.82, 2.24) is 9.80 Å². The summed E-state index contributed by atoms with van der Waals surface area (Å²) in [5.74, 6) is -1.58. The third-order valence-electron chi connectivity index (χ3n) is 13.7. The molecule has 2 heterocycles. The molecule has 2 aliphatic heterocycles. The van der Waals surface area contributed by atoms with Crippen LogP contribution in [0.25, 0.3) is 0 Å². The number of hydrogen-bond acceptors (Lipinski definition) is 9. The molecule has 0 aromatic heterocycles. The summed E-state index contributed by atoms with van der Waals surface area (Å²) in [6.07, 6.45) is -0.343. The second-order valence-corrected chi connectivity index (χ2v) is 31.6. The molecular formula is C53H64N2O6S3Si2. The number of carbonyl (C=O) groups excluding carboxylic acids is 3. The summed E-state index contributed by atoms with van der Waals surface area (Å²) < 4.78 is 20.0. The van der Waals surface area contributed by atoms with Crippen LogP contribution in [0.1, 0.15) is 71.6 Å². The number of nitrogens with zero attached hydrogens (tertiary/aromatic N) is 2. The molecule has 348 valence electrons. The molecule has 5 aromatic rings. The van der Waals surface area contributed by atoms with E-state index in [-0.39, 0.29) is 24.2 Å². The second kappa shape index (κ2) is 21.1. The van der Waals surface area contributed by atoms with Crippen LogP contribution >= 0.6 is 31.4 Å². The molecule has 2 saturated heterocycles. The number of carbonyl (C=O) groups is 3. The van der Waals surface area contributed by atoms with E-state index >= 15 is 9.59 Å². The third kappa shape index (κ3) is 9.01. The van der Waals surface area contributed by atoms with Gasteiger partial charge >= 0.3 is 5.97 Å². The van der Waals surface area contributed by atoms with Crippen molar-refractivity contribution in [3.05, 3.63) is 168 Å². The fraction of sp³-hybridized carbons (Fsp3) is 0.377. The maximum atomic E-state index is 15.9. The van der Waals surface area contributed by atoms with Crippen molar-refractivity contribution in [2.24, 2.45) is 0 Å². The monoisotopic (exact) mass is 976 g/mol. The molecule has 8 nitrogen and oxygen atoms in total. The van der Waals surface area contributed by atoms with Gasteiger partial charge in [-0.15, -0.1) is 0 Å². The molecule has 0 N–H and O–H groups in total. The molecule has 7 rings (SSSR count). The van der Waals surface area contributed by atoms with Crippen molar-refractivity contribution in [3.8, 4) is 0 Å². The van der Waals surface area contributed by atoms with Crippen molar-refractivity contribution in [2.75, 3.05) is 20.3 Å². The summed E-state index contributed by atoms with van der Waals surface area (Å²) in [4.78, 5) is 46.9. The first-order valence-electron chi connectivity index (χ1n) is 23.2. The van der Waals surface area contributed by atoms with E-state index in [1.165, 1.54) is 25.5 Å². The van der Waals surface area contributed by atoms with E-state index < -0.39 is 56.3 Å². The minimum Gasteiger partial charge on any atom is -0.464 e. The Morgan fingerprint density at radius 1 is 0.697 bits per heavy atom. The number of rotatable bonds is 19. The van der Waals surface area contributed by atoms with Crippen LogP contribution in [0, 0.1) is 0 Å². The highest BCUT2D eigenvalue weighted by atomic mass is 33.5. The minimum atomic E-state index is -3.13. The van der Waals surface area contributed by atoms with Crippen LogP contribution in [0.15, 0.2) is 152 Å².